The fourth-order valence-electron chi connectivity index (χ4n) is 3.01. The molecule has 0 unspecified atom stereocenters. The molecule has 104 valence electrons. The molecule has 2 rings (SSSR count). The van der Waals surface area contributed by atoms with Crippen molar-refractivity contribution < 1.29 is 13.2 Å². The lowest BCUT2D eigenvalue weighted by atomic mass is 10.0. The number of sulfonamides is 1. The van der Waals surface area contributed by atoms with Crippen LogP contribution < -0.4 is 4.72 Å². The zero-order valence-electron chi connectivity index (χ0n) is 10.9. The van der Waals surface area contributed by atoms with Gasteiger partial charge in [-0.25, -0.2) is 13.1 Å². The molecule has 18 heavy (non-hydrogen) atoms. The zero-order valence-corrected chi connectivity index (χ0v) is 11.7. The van der Waals surface area contributed by atoms with E-state index in [0.29, 0.717) is 6.54 Å². The van der Waals surface area contributed by atoms with Crippen LogP contribution in [0.15, 0.2) is 0 Å². The molecule has 1 atom stereocenters. The summed E-state index contributed by atoms with van der Waals surface area (Å²) >= 11 is 0. The van der Waals surface area contributed by atoms with Crippen molar-refractivity contribution >= 4 is 15.9 Å². The number of nitrogens with zero attached hydrogens (tertiary/aromatic N) is 1. The molecule has 1 N–H and O–H groups in total. The Hall–Kier alpha value is -0.620. The number of nitrogens with one attached hydrogen (secondary N) is 1. The highest BCUT2D eigenvalue weighted by molar-refractivity contribution is 7.88. The molecule has 2 aliphatic rings. The Morgan fingerprint density at radius 2 is 1.83 bits per heavy atom. The van der Waals surface area contributed by atoms with Gasteiger partial charge in [0.2, 0.25) is 15.9 Å². The minimum absolute atomic E-state index is 0.112. The third kappa shape index (κ3) is 3.68. The van der Waals surface area contributed by atoms with Crippen LogP contribution >= 0.6 is 0 Å². The lowest BCUT2D eigenvalue weighted by molar-refractivity contribution is -0.136. The van der Waals surface area contributed by atoms with Crippen molar-refractivity contribution in [3.8, 4) is 0 Å². The van der Waals surface area contributed by atoms with Gasteiger partial charge in [0.15, 0.2) is 0 Å². The summed E-state index contributed by atoms with van der Waals surface area (Å²) in [4.78, 5) is 14.1. The fourth-order valence-corrected chi connectivity index (χ4v) is 3.81. The third-order valence-electron chi connectivity index (χ3n) is 3.82. The Balaban J connectivity index is 1.91. The van der Waals surface area contributed by atoms with E-state index in [0.717, 1.165) is 45.1 Å². The summed E-state index contributed by atoms with van der Waals surface area (Å²) in [7, 11) is -3.18. The van der Waals surface area contributed by atoms with Gasteiger partial charge in [0.05, 0.1) is 6.26 Å². The molecule has 0 aromatic rings. The number of piperidine rings is 1. The van der Waals surface area contributed by atoms with Gasteiger partial charge in [0.25, 0.3) is 0 Å². The van der Waals surface area contributed by atoms with Gasteiger partial charge in [-0.1, -0.05) is 12.8 Å². The van der Waals surface area contributed by atoms with Gasteiger partial charge in [-0.15, -0.1) is 0 Å². The number of amides is 1. The van der Waals surface area contributed by atoms with E-state index in [1.165, 1.54) is 6.26 Å². The zero-order chi connectivity index (χ0) is 13.2. The average molecular weight is 274 g/mol. The van der Waals surface area contributed by atoms with E-state index < -0.39 is 10.0 Å². The first-order valence-electron chi connectivity index (χ1n) is 6.72. The van der Waals surface area contributed by atoms with Crippen LogP contribution in [0.25, 0.3) is 0 Å². The minimum Gasteiger partial charge on any atom is -0.341 e. The number of hydrogen-bond acceptors (Lipinski definition) is 3. The highest BCUT2D eigenvalue weighted by Gasteiger charge is 2.31. The molecule has 1 heterocycles. The van der Waals surface area contributed by atoms with Crippen LogP contribution in [0.1, 0.15) is 38.5 Å². The van der Waals surface area contributed by atoms with Crippen molar-refractivity contribution in [3.63, 3.8) is 0 Å². The second-order valence-electron chi connectivity index (χ2n) is 5.49. The van der Waals surface area contributed by atoms with E-state index in [1.807, 2.05) is 4.90 Å². The number of carbonyl (C=O) groups is 1. The van der Waals surface area contributed by atoms with E-state index in [1.54, 1.807) is 0 Å². The molecular formula is C12H22N2O3S. The smallest absolute Gasteiger partial charge is 0.225 e. The average Bonchev–Trinajstić information content (AvgIpc) is 2.79. The summed E-state index contributed by atoms with van der Waals surface area (Å²) in [5.74, 6) is 0.412. The van der Waals surface area contributed by atoms with E-state index in [9.17, 15) is 13.2 Å². The van der Waals surface area contributed by atoms with E-state index in [-0.39, 0.29) is 17.9 Å². The molecule has 1 amide bonds. The van der Waals surface area contributed by atoms with Crippen molar-refractivity contribution in [2.75, 3.05) is 19.3 Å². The van der Waals surface area contributed by atoms with Crippen molar-refractivity contribution in [2.24, 2.45) is 5.92 Å². The molecule has 6 heteroatoms. The van der Waals surface area contributed by atoms with Crippen LogP contribution in [0.4, 0.5) is 0 Å². The maximum absolute atomic E-state index is 12.3. The summed E-state index contributed by atoms with van der Waals surface area (Å²) in [5, 5.41) is 0. The molecule has 2 fully saturated rings. The van der Waals surface area contributed by atoms with Crippen molar-refractivity contribution in [2.45, 2.75) is 44.6 Å². The molecule has 1 aliphatic carbocycles. The van der Waals surface area contributed by atoms with Gasteiger partial charge in [-0.05, 0) is 25.7 Å². The first-order valence-corrected chi connectivity index (χ1v) is 8.61. The Morgan fingerprint density at radius 1 is 1.17 bits per heavy atom. The highest BCUT2D eigenvalue weighted by atomic mass is 32.2. The number of hydrogen-bond donors (Lipinski definition) is 1. The Bertz CT molecular complexity index is 402. The molecule has 0 radical (unpaired) electrons. The van der Waals surface area contributed by atoms with Gasteiger partial charge in [0.1, 0.15) is 0 Å². The maximum atomic E-state index is 12.3. The largest absolute Gasteiger partial charge is 0.341 e. The predicted molar refractivity (Wildman–Crippen MR) is 69.5 cm³/mol. The SMILES string of the molecule is CS(=O)(=O)N[C@H]1CCCN(C(=O)C2CCCC2)C1. The standard InChI is InChI=1S/C12H22N2O3S/c1-18(16,17)13-11-7-4-8-14(9-11)12(15)10-5-2-3-6-10/h10-11,13H,2-9H2,1H3/t11-/m0/s1. The van der Waals surface area contributed by atoms with Crippen molar-refractivity contribution in [1.29, 1.82) is 0 Å². The lowest BCUT2D eigenvalue weighted by Gasteiger charge is -2.34. The number of likely N-dealkylation sites (tertiary alicyclic amines) is 1. The molecule has 1 aliphatic heterocycles. The molecular weight excluding hydrogens is 252 g/mol. The second kappa shape index (κ2) is 5.57. The maximum Gasteiger partial charge on any atom is 0.225 e. The third-order valence-corrected chi connectivity index (χ3v) is 4.58. The molecule has 1 saturated heterocycles. The normalized spacial score (nSPS) is 26.5. The number of rotatable bonds is 3. The van der Waals surface area contributed by atoms with E-state index in [2.05, 4.69) is 4.72 Å². The fraction of sp³-hybridized carbons (Fsp3) is 0.917. The Labute approximate surface area is 109 Å². The summed E-state index contributed by atoms with van der Waals surface area (Å²) in [6.07, 6.45) is 7.17. The van der Waals surface area contributed by atoms with Crippen molar-refractivity contribution in [1.82, 2.24) is 9.62 Å². The van der Waals surface area contributed by atoms with Gasteiger partial charge in [-0.2, -0.15) is 0 Å². The summed E-state index contributed by atoms with van der Waals surface area (Å²) in [5.41, 5.74) is 0. The Morgan fingerprint density at radius 3 is 2.44 bits per heavy atom. The molecule has 0 aromatic heterocycles. The monoisotopic (exact) mass is 274 g/mol. The van der Waals surface area contributed by atoms with Crippen molar-refractivity contribution in [3.05, 3.63) is 0 Å². The van der Waals surface area contributed by atoms with Crippen LogP contribution in [0.5, 0.6) is 0 Å². The van der Waals surface area contributed by atoms with E-state index in [4.69, 9.17) is 0 Å². The van der Waals surface area contributed by atoms with Crippen LogP contribution in [0.2, 0.25) is 0 Å². The van der Waals surface area contributed by atoms with Gasteiger partial charge in [-0.3, -0.25) is 4.79 Å². The van der Waals surface area contributed by atoms with Crippen LogP contribution in [-0.4, -0.2) is 44.6 Å². The first kappa shape index (κ1) is 13.8. The second-order valence-corrected chi connectivity index (χ2v) is 7.27. The van der Waals surface area contributed by atoms with Crippen LogP contribution in [0, 0.1) is 5.92 Å². The minimum atomic E-state index is -3.18. The first-order chi connectivity index (χ1) is 8.46. The highest BCUT2D eigenvalue weighted by Crippen LogP contribution is 2.27. The molecule has 0 spiro atoms. The molecule has 1 saturated carbocycles. The van der Waals surface area contributed by atoms with Gasteiger partial charge >= 0.3 is 0 Å². The van der Waals surface area contributed by atoms with E-state index >= 15 is 0 Å². The molecule has 5 nitrogen and oxygen atoms in total. The quantitative estimate of drug-likeness (QED) is 0.824. The predicted octanol–water partition coefficient (Wildman–Crippen LogP) is 0.717. The number of carbonyl (C=O) groups excluding carboxylic acids is 1. The van der Waals surface area contributed by atoms with Crippen LogP contribution in [-0.2, 0) is 14.8 Å². The van der Waals surface area contributed by atoms with Gasteiger partial charge in [0, 0.05) is 25.0 Å². The van der Waals surface area contributed by atoms with Gasteiger partial charge < -0.3 is 4.90 Å². The lowest BCUT2D eigenvalue weighted by Crippen LogP contribution is -2.50. The Kier molecular flexibility index (Phi) is 4.27. The molecule has 0 bridgehead atoms. The molecule has 0 aromatic carbocycles. The topological polar surface area (TPSA) is 66.5 Å². The summed E-state index contributed by atoms with van der Waals surface area (Å²) in [6, 6.07) is -0.112. The summed E-state index contributed by atoms with van der Waals surface area (Å²) in [6.45, 7) is 1.31. The summed E-state index contributed by atoms with van der Waals surface area (Å²) < 4.78 is 25.0. The van der Waals surface area contributed by atoms with Crippen LogP contribution in [0.3, 0.4) is 0 Å².